The molecule has 0 radical (unpaired) electrons. The molecule has 9 heteroatoms. The Balaban J connectivity index is 2.53. The Kier molecular flexibility index (Phi) is 7.35. The van der Waals surface area contributed by atoms with Gasteiger partial charge in [0.25, 0.3) is 0 Å². The molecule has 0 aromatic heterocycles. The Morgan fingerprint density at radius 1 is 1.12 bits per heavy atom. The fourth-order valence-corrected chi connectivity index (χ4v) is 5.55. The first kappa shape index (κ1) is 22.3. The van der Waals surface area contributed by atoms with Gasteiger partial charge in [-0.3, -0.25) is 0 Å². The van der Waals surface area contributed by atoms with Crippen molar-refractivity contribution in [3.8, 4) is 5.75 Å². The Morgan fingerprint density at radius 3 is 2.23 bits per heavy atom. The van der Waals surface area contributed by atoms with E-state index in [9.17, 15) is 17.8 Å². The lowest BCUT2D eigenvalue weighted by atomic mass is 10.0. The predicted octanol–water partition coefficient (Wildman–Crippen LogP) is 5.06. The molecule has 0 amide bonds. The summed E-state index contributed by atoms with van der Waals surface area (Å²) < 4.78 is 42.6. The Morgan fingerprint density at radius 2 is 1.69 bits per heavy atom. The van der Waals surface area contributed by atoms with Crippen LogP contribution >= 0.6 is 67.8 Å². The summed E-state index contributed by atoms with van der Waals surface area (Å²) in [7, 11) is -4.61. The summed E-state index contributed by atoms with van der Waals surface area (Å²) in [4.78, 5) is 12.4. The van der Waals surface area contributed by atoms with Gasteiger partial charge in [-0.15, -0.1) is 0 Å². The molecule has 140 valence electrons. The molecule has 0 aliphatic carbocycles. The third-order valence-electron chi connectivity index (χ3n) is 3.65. The first-order valence-corrected chi connectivity index (χ1v) is 12.0. The minimum atomic E-state index is -4.61. The van der Waals surface area contributed by atoms with E-state index in [-0.39, 0.29) is 16.6 Å². The quantitative estimate of drug-likeness (QED) is 0.146. The van der Waals surface area contributed by atoms with E-state index in [4.69, 9.17) is 4.74 Å². The number of aryl methyl sites for hydroxylation is 1. The first-order valence-electron chi connectivity index (χ1n) is 7.39. The molecule has 2 aromatic carbocycles. The van der Waals surface area contributed by atoms with Gasteiger partial charge in [0.15, 0.2) is 0 Å². The van der Waals surface area contributed by atoms with Crippen LogP contribution in [-0.2, 0) is 10.1 Å². The van der Waals surface area contributed by atoms with Gasteiger partial charge in [-0.1, -0.05) is 13.8 Å². The minimum absolute atomic E-state index is 0.218. The van der Waals surface area contributed by atoms with E-state index in [1.165, 1.54) is 12.1 Å². The highest BCUT2D eigenvalue weighted by Crippen LogP contribution is 2.32. The number of esters is 1. The van der Waals surface area contributed by atoms with Crippen molar-refractivity contribution < 1.29 is 22.5 Å². The molecule has 0 aliphatic heterocycles. The van der Waals surface area contributed by atoms with Crippen LogP contribution in [-0.4, -0.2) is 18.9 Å². The zero-order valence-electron chi connectivity index (χ0n) is 14.0. The van der Waals surface area contributed by atoms with Crippen LogP contribution in [0.25, 0.3) is 0 Å². The lowest BCUT2D eigenvalue weighted by molar-refractivity contribution is 0.0731. The molecule has 0 saturated carbocycles. The molecule has 5 nitrogen and oxygen atoms in total. The van der Waals surface area contributed by atoms with Crippen molar-refractivity contribution in [2.45, 2.75) is 31.6 Å². The van der Waals surface area contributed by atoms with Gasteiger partial charge in [0, 0.05) is 10.7 Å². The van der Waals surface area contributed by atoms with E-state index in [1.807, 2.05) is 12.1 Å². The predicted molar refractivity (Wildman–Crippen MR) is 123 cm³/mol. The summed E-state index contributed by atoms with van der Waals surface area (Å²) in [5.74, 6) is -0.492. The Hall–Kier alpha value is 0.0100. The summed E-state index contributed by atoms with van der Waals surface area (Å²) in [5.41, 5.74) is 1.21. The second kappa shape index (κ2) is 8.57. The number of carbonyl (C=O) groups excluding carboxylic acids is 1. The van der Waals surface area contributed by atoms with E-state index in [2.05, 4.69) is 67.8 Å². The van der Waals surface area contributed by atoms with Crippen molar-refractivity contribution in [2.24, 2.45) is 0 Å². The van der Waals surface area contributed by atoms with Crippen LogP contribution < -0.4 is 4.74 Å². The van der Waals surface area contributed by atoms with Crippen molar-refractivity contribution >= 4 is 83.9 Å². The molecule has 0 atom stereocenters. The molecular weight excluding hydrogens is 697 g/mol. The normalized spacial score (nSPS) is 11.7. The lowest BCUT2D eigenvalue weighted by Crippen LogP contribution is -2.15. The van der Waals surface area contributed by atoms with Gasteiger partial charge in [0.1, 0.15) is 15.9 Å². The summed E-state index contributed by atoms with van der Waals surface area (Å²) in [6.45, 7) is 5.15. The fraction of sp³-hybridized carbons (Fsp3) is 0.235. The Bertz CT molecular complexity index is 984. The average molecular weight is 711 g/mol. The number of hydrogen-bond donors (Lipinski definition) is 0. The minimum Gasteiger partial charge on any atom is -0.744 e. The molecule has 26 heavy (non-hydrogen) atoms. The first-order chi connectivity index (χ1) is 11.9. The molecule has 2 rings (SSSR count). The van der Waals surface area contributed by atoms with E-state index in [0.29, 0.717) is 16.7 Å². The molecule has 0 saturated heterocycles. The number of ether oxygens (including phenoxy) is 1. The molecule has 0 heterocycles. The SMILES string of the molecule is Cc1cc(S(=O)(=O)[O-])c(C(C)C)cc1OC(=O)c1c(I)ccc(I)c1I. The van der Waals surface area contributed by atoms with Gasteiger partial charge in [-0.05, 0) is 116 Å². The third-order valence-corrected chi connectivity index (χ3v) is 8.49. The summed E-state index contributed by atoms with van der Waals surface area (Å²) in [5, 5.41) is 0. The highest BCUT2D eigenvalue weighted by molar-refractivity contribution is 14.1. The van der Waals surface area contributed by atoms with Crippen LogP contribution in [0.2, 0.25) is 0 Å². The van der Waals surface area contributed by atoms with Crippen molar-refractivity contribution in [1.82, 2.24) is 0 Å². The molecule has 0 bridgehead atoms. The van der Waals surface area contributed by atoms with Crippen LogP contribution in [0.4, 0.5) is 0 Å². The van der Waals surface area contributed by atoms with Gasteiger partial charge >= 0.3 is 5.97 Å². The zero-order chi connectivity index (χ0) is 19.8. The average Bonchev–Trinajstić information content (AvgIpc) is 2.51. The number of benzene rings is 2. The maximum atomic E-state index is 12.7. The standard InChI is InChI=1S/C17H15I3O5S/c1-8(2)10-7-13(9(3)6-14(10)26(22,23)24)25-17(21)15-11(18)4-5-12(19)16(15)20/h4-8H,1-3H3,(H,22,23,24)/p-1. The maximum Gasteiger partial charge on any atom is 0.345 e. The van der Waals surface area contributed by atoms with Gasteiger partial charge in [-0.2, -0.15) is 0 Å². The van der Waals surface area contributed by atoms with Crippen LogP contribution in [0.3, 0.4) is 0 Å². The van der Waals surface area contributed by atoms with Crippen LogP contribution in [0, 0.1) is 17.6 Å². The molecule has 0 unspecified atom stereocenters. The molecule has 0 spiro atoms. The van der Waals surface area contributed by atoms with E-state index in [1.54, 1.807) is 20.8 Å². The van der Waals surface area contributed by atoms with Crippen molar-refractivity contribution in [2.75, 3.05) is 0 Å². The fourth-order valence-electron chi connectivity index (χ4n) is 2.32. The van der Waals surface area contributed by atoms with E-state index < -0.39 is 16.1 Å². The molecule has 0 N–H and O–H groups in total. The van der Waals surface area contributed by atoms with Crippen LogP contribution in [0.1, 0.15) is 41.3 Å². The second-order valence-electron chi connectivity index (χ2n) is 5.87. The summed E-state index contributed by atoms with van der Waals surface area (Å²) in [6.07, 6.45) is 0. The highest BCUT2D eigenvalue weighted by Gasteiger charge is 2.21. The Labute approximate surface area is 193 Å². The van der Waals surface area contributed by atoms with Gasteiger partial charge in [0.2, 0.25) is 0 Å². The lowest BCUT2D eigenvalue weighted by Gasteiger charge is -2.19. The van der Waals surface area contributed by atoms with E-state index in [0.717, 1.165) is 10.7 Å². The van der Waals surface area contributed by atoms with Crippen molar-refractivity contribution in [3.05, 3.63) is 51.7 Å². The van der Waals surface area contributed by atoms with Gasteiger partial charge < -0.3 is 9.29 Å². The summed E-state index contributed by atoms with van der Waals surface area (Å²) >= 11 is 6.31. The highest BCUT2D eigenvalue weighted by atomic mass is 127. The summed E-state index contributed by atoms with van der Waals surface area (Å²) in [6, 6.07) is 6.48. The van der Waals surface area contributed by atoms with Gasteiger partial charge in [0.05, 0.1) is 10.5 Å². The molecule has 2 aromatic rings. The van der Waals surface area contributed by atoms with E-state index >= 15 is 0 Å². The number of hydrogen-bond acceptors (Lipinski definition) is 5. The monoisotopic (exact) mass is 711 g/mol. The maximum absolute atomic E-state index is 12.7. The topological polar surface area (TPSA) is 83.5 Å². The molecule has 0 aliphatic rings. The zero-order valence-corrected chi connectivity index (χ0v) is 21.3. The number of halogens is 3. The molecular formula is C17H14I3O5S-. The smallest absolute Gasteiger partial charge is 0.345 e. The van der Waals surface area contributed by atoms with Gasteiger partial charge in [-0.25, -0.2) is 13.2 Å². The second-order valence-corrected chi connectivity index (χ2v) is 10.6. The van der Waals surface area contributed by atoms with Crippen LogP contribution in [0.5, 0.6) is 5.75 Å². The largest absolute Gasteiger partial charge is 0.744 e. The van der Waals surface area contributed by atoms with Crippen LogP contribution in [0.15, 0.2) is 29.2 Å². The number of rotatable bonds is 4. The number of carbonyl (C=O) groups is 1. The van der Waals surface area contributed by atoms with Crippen molar-refractivity contribution in [3.63, 3.8) is 0 Å². The molecule has 0 fully saturated rings. The van der Waals surface area contributed by atoms with Crippen molar-refractivity contribution in [1.29, 1.82) is 0 Å². The third kappa shape index (κ3) is 4.89.